The van der Waals surface area contributed by atoms with Crippen LogP contribution in [0.5, 0.6) is 5.75 Å². The molecule has 1 heterocycles. The molecular weight excluding hydrogens is 478 g/mol. The number of Topliss-reactive ketones (excluding diaryl/α,β-unsaturated/α-hetero) is 4. The molecular formula is C27H27N3O7. The largest absolute Gasteiger partial charge is 0.507 e. The van der Waals surface area contributed by atoms with Gasteiger partial charge in [-0.1, -0.05) is 6.07 Å². The number of hydrogen-bond acceptors (Lipinski definition) is 9. The third-order valence-corrected chi connectivity index (χ3v) is 8.13. The maximum atomic E-state index is 13.8. The first-order chi connectivity index (χ1) is 17.4. The van der Waals surface area contributed by atoms with Crippen LogP contribution in [0.4, 0.5) is 0 Å². The molecule has 5 rings (SSSR count). The molecule has 3 aliphatic carbocycles. The summed E-state index contributed by atoms with van der Waals surface area (Å²) in [5.41, 5.74) is 5.42. The number of nitrogens with two attached hydrogens (primary N) is 1. The van der Waals surface area contributed by atoms with E-state index in [1.54, 1.807) is 32.6 Å². The zero-order valence-corrected chi connectivity index (χ0v) is 20.6. The number of hydrogen-bond donors (Lipinski definition) is 3. The standard InChI is InChI=1S/C27H27N3O7/c1-11-6-13(10-29-9-11)14-4-5-17(31)19-15(14)7-12-8-16-21(30(2)3)23(33)20(26(28)36)25(35)27(16,37)24(34)18(12)22(19)32/h4-6,9-10,12,16,18,20-21,31,37H,7-8H2,1-3H3,(H2,28,36). The Hall–Kier alpha value is -3.76. The molecule has 6 atom stereocenters. The van der Waals surface area contributed by atoms with Gasteiger partial charge in [0.1, 0.15) is 5.75 Å². The van der Waals surface area contributed by atoms with Crippen LogP contribution in [-0.4, -0.2) is 74.9 Å². The Morgan fingerprint density at radius 1 is 1.14 bits per heavy atom. The molecule has 2 aromatic rings. The fourth-order valence-electron chi connectivity index (χ4n) is 6.58. The van der Waals surface area contributed by atoms with Gasteiger partial charge in [-0.3, -0.25) is 33.9 Å². The number of ketones is 4. The molecule has 0 spiro atoms. The zero-order chi connectivity index (χ0) is 27.0. The fraction of sp³-hybridized carbons (Fsp3) is 0.407. The molecule has 0 radical (unpaired) electrons. The number of fused-ring (bicyclic) bond motifs is 3. The topological polar surface area (TPSA) is 168 Å². The first kappa shape index (κ1) is 24.9. The van der Waals surface area contributed by atoms with E-state index in [1.165, 1.54) is 11.0 Å². The maximum Gasteiger partial charge on any atom is 0.235 e. The highest BCUT2D eigenvalue weighted by molar-refractivity contribution is 6.32. The summed E-state index contributed by atoms with van der Waals surface area (Å²) in [6.45, 7) is 1.88. The molecule has 37 heavy (non-hydrogen) atoms. The van der Waals surface area contributed by atoms with Gasteiger partial charge in [-0.25, -0.2) is 0 Å². The lowest BCUT2D eigenvalue weighted by Crippen LogP contribution is -2.74. The number of pyridine rings is 1. The SMILES string of the molecule is Cc1cncc(-c2ccc(O)c3c2CC2CC4C(N(C)C)C(=O)C(C(N)=O)C(=O)C4(O)C(=O)C2C3=O)c1. The first-order valence-corrected chi connectivity index (χ1v) is 12.0. The average molecular weight is 506 g/mol. The number of aromatic nitrogens is 1. The van der Waals surface area contributed by atoms with Gasteiger partial charge in [-0.2, -0.15) is 0 Å². The van der Waals surface area contributed by atoms with Crippen molar-refractivity contribution < 1.29 is 34.2 Å². The van der Waals surface area contributed by atoms with Crippen LogP contribution < -0.4 is 5.73 Å². The molecule has 1 amide bonds. The lowest BCUT2D eigenvalue weighted by atomic mass is 9.52. The van der Waals surface area contributed by atoms with E-state index in [1.807, 2.05) is 13.0 Å². The molecule has 1 aromatic heterocycles. The second-order valence-corrected chi connectivity index (χ2v) is 10.5. The minimum absolute atomic E-state index is 0.00502. The number of rotatable bonds is 3. The van der Waals surface area contributed by atoms with Gasteiger partial charge in [0.15, 0.2) is 34.7 Å². The molecule has 2 saturated carbocycles. The van der Waals surface area contributed by atoms with Crippen molar-refractivity contribution in [3.8, 4) is 16.9 Å². The lowest BCUT2D eigenvalue weighted by Gasteiger charge is -2.52. The van der Waals surface area contributed by atoms with Crippen LogP contribution in [0.25, 0.3) is 11.1 Å². The predicted octanol–water partition coefficient (Wildman–Crippen LogP) is 0.237. The van der Waals surface area contributed by atoms with Gasteiger partial charge in [0.2, 0.25) is 5.91 Å². The predicted molar refractivity (Wildman–Crippen MR) is 129 cm³/mol. The number of aliphatic hydroxyl groups is 1. The van der Waals surface area contributed by atoms with E-state index in [9.17, 15) is 34.2 Å². The van der Waals surface area contributed by atoms with Gasteiger partial charge in [-0.05, 0) is 68.6 Å². The highest BCUT2D eigenvalue weighted by atomic mass is 16.3. The normalized spacial score (nSPS) is 31.1. The Balaban J connectivity index is 1.67. The van der Waals surface area contributed by atoms with Gasteiger partial charge in [0, 0.05) is 23.9 Å². The van der Waals surface area contributed by atoms with E-state index < -0.39 is 64.4 Å². The molecule has 6 unspecified atom stereocenters. The van der Waals surface area contributed by atoms with E-state index >= 15 is 0 Å². The smallest absolute Gasteiger partial charge is 0.235 e. The number of carbonyl (C=O) groups is 5. The minimum Gasteiger partial charge on any atom is -0.507 e. The first-order valence-electron chi connectivity index (χ1n) is 12.0. The van der Waals surface area contributed by atoms with E-state index in [0.29, 0.717) is 11.1 Å². The van der Waals surface area contributed by atoms with Gasteiger partial charge >= 0.3 is 0 Å². The average Bonchev–Trinajstić information content (AvgIpc) is 2.81. The van der Waals surface area contributed by atoms with Crippen molar-refractivity contribution >= 4 is 29.0 Å². The molecule has 0 bridgehead atoms. The van der Waals surface area contributed by atoms with Crippen LogP contribution in [0.1, 0.15) is 27.9 Å². The third-order valence-electron chi connectivity index (χ3n) is 8.13. The Morgan fingerprint density at radius 2 is 1.84 bits per heavy atom. The number of phenolic OH excluding ortho intramolecular Hbond substituents is 1. The molecule has 0 aliphatic heterocycles. The summed E-state index contributed by atoms with van der Waals surface area (Å²) in [4.78, 5) is 71.8. The Bertz CT molecular complexity index is 1400. The number of amides is 1. The summed E-state index contributed by atoms with van der Waals surface area (Å²) in [5.74, 6) is -10.6. The van der Waals surface area contributed by atoms with Crippen LogP contribution in [-0.2, 0) is 25.6 Å². The number of aryl methyl sites for hydroxylation is 1. The number of likely N-dealkylation sites (N-methyl/N-ethyl adjacent to an activating group) is 1. The second kappa shape index (κ2) is 8.39. The fourth-order valence-corrected chi connectivity index (χ4v) is 6.58. The minimum atomic E-state index is -2.73. The van der Waals surface area contributed by atoms with E-state index in [2.05, 4.69) is 4.98 Å². The molecule has 4 N–H and O–H groups in total. The highest BCUT2D eigenvalue weighted by Crippen LogP contribution is 2.51. The quantitative estimate of drug-likeness (QED) is 0.495. The molecule has 192 valence electrons. The number of carbonyl (C=O) groups excluding carboxylic acids is 5. The molecule has 0 saturated heterocycles. The van der Waals surface area contributed by atoms with Crippen LogP contribution >= 0.6 is 0 Å². The van der Waals surface area contributed by atoms with Crippen molar-refractivity contribution in [2.75, 3.05) is 14.1 Å². The van der Waals surface area contributed by atoms with Crippen molar-refractivity contribution in [2.24, 2.45) is 29.4 Å². The van der Waals surface area contributed by atoms with Crippen molar-refractivity contribution in [3.05, 3.63) is 47.3 Å². The molecule has 2 fully saturated rings. The third kappa shape index (κ3) is 3.39. The summed E-state index contributed by atoms with van der Waals surface area (Å²) in [7, 11) is 3.10. The Morgan fingerprint density at radius 3 is 2.46 bits per heavy atom. The van der Waals surface area contributed by atoms with Gasteiger partial charge in [0.25, 0.3) is 0 Å². The van der Waals surface area contributed by atoms with E-state index in [-0.39, 0.29) is 24.2 Å². The van der Waals surface area contributed by atoms with Crippen LogP contribution in [0.3, 0.4) is 0 Å². The van der Waals surface area contributed by atoms with Crippen LogP contribution in [0.15, 0.2) is 30.6 Å². The Labute approximate surface area is 212 Å². The summed E-state index contributed by atoms with van der Waals surface area (Å²) in [6.07, 6.45) is 3.54. The second-order valence-electron chi connectivity index (χ2n) is 10.5. The van der Waals surface area contributed by atoms with Gasteiger partial charge in [-0.15, -0.1) is 0 Å². The number of aromatic hydroxyl groups is 1. The summed E-state index contributed by atoms with van der Waals surface area (Å²) >= 11 is 0. The summed E-state index contributed by atoms with van der Waals surface area (Å²) < 4.78 is 0. The van der Waals surface area contributed by atoms with E-state index in [4.69, 9.17) is 5.73 Å². The molecule has 10 nitrogen and oxygen atoms in total. The van der Waals surface area contributed by atoms with Gasteiger partial charge in [0.05, 0.1) is 17.5 Å². The van der Waals surface area contributed by atoms with Crippen molar-refractivity contribution in [3.63, 3.8) is 0 Å². The Kier molecular flexibility index (Phi) is 5.65. The monoisotopic (exact) mass is 505 g/mol. The summed E-state index contributed by atoms with van der Waals surface area (Å²) in [5, 5.41) is 22.3. The van der Waals surface area contributed by atoms with E-state index in [0.717, 1.165) is 11.1 Å². The van der Waals surface area contributed by atoms with Crippen molar-refractivity contribution in [1.29, 1.82) is 0 Å². The van der Waals surface area contributed by atoms with Gasteiger partial charge < -0.3 is 15.9 Å². The molecule has 3 aliphatic rings. The number of primary amides is 1. The summed E-state index contributed by atoms with van der Waals surface area (Å²) in [6, 6.07) is 3.82. The number of benzene rings is 1. The van der Waals surface area contributed by atoms with Crippen LogP contribution in [0, 0.1) is 30.6 Å². The van der Waals surface area contributed by atoms with Crippen molar-refractivity contribution in [1.82, 2.24) is 9.88 Å². The van der Waals surface area contributed by atoms with Crippen LogP contribution in [0.2, 0.25) is 0 Å². The number of phenols is 1. The molecule has 10 heteroatoms. The maximum absolute atomic E-state index is 13.8. The number of nitrogens with zero attached hydrogens (tertiary/aromatic N) is 2. The molecule has 1 aromatic carbocycles. The zero-order valence-electron chi connectivity index (χ0n) is 20.6. The highest BCUT2D eigenvalue weighted by Gasteiger charge is 2.69. The lowest BCUT2D eigenvalue weighted by molar-refractivity contribution is -0.181. The van der Waals surface area contributed by atoms with Crippen molar-refractivity contribution in [2.45, 2.75) is 31.4 Å².